The molecule has 2 fully saturated rings. The molecule has 0 aromatic rings. The molecule has 5 nitrogen and oxygen atoms in total. The van der Waals surface area contributed by atoms with E-state index >= 15 is 0 Å². The lowest BCUT2D eigenvalue weighted by Crippen LogP contribution is -2.40. The van der Waals surface area contributed by atoms with Crippen LogP contribution in [0.5, 0.6) is 0 Å². The summed E-state index contributed by atoms with van der Waals surface area (Å²) in [5.74, 6) is 1.77. The third kappa shape index (κ3) is 8.72. The van der Waals surface area contributed by atoms with Crippen LogP contribution in [-0.4, -0.2) is 74.7 Å². The Bertz CT molecular complexity index is 369. The summed E-state index contributed by atoms with van der Waals surface area (Å²) in [5, 5.41) is 6.96. The lowest BCUT2D eigenvalue weighted by molar-refractivity contribution is 0.188. The summed E-state index contributed by atoms with van der Waals surface area (Å²) >= 11 is 0. The van der Waals surface area contributed by atoms with Crippen LogP contribution < -0.4 is 10.6 Å². The van der Waals surface area contributed by atoms with E-state index in [-0.39, 0.29) is 0 Å². The molecule has 2 rings (SSSR count). The zero-order chi connectivity index (χ0) is 18.5. The highest BCUT2D eigenvalue weighted by Gasteiger charge is 2.18. The molecule has 0 aromatic carbocycles. The van der Waals surface area contributed by atoms with Crippen LogP contribution in [0.2, 0.25) is 0 Å². The van der Waals surface area contributed by atoms with Gasteiger partial charge in [0, 0.05) is 19.6 Å². The van der Waals surface area contributed by atoms with Crippen molar-refractivity contribution in [3.8, 4) is 0 Å². The SMILES string of the molecule is CCCN1CCC(CN=C(NCC)NCCCN2CCCCCC2)CC1. The molecule has 0 amide bonds. The molecule has 2 aliphatic rings. The number of nitrogens with zero attached hydrogens (tertiary/aromatic N) is 3. The van der Waals surface area contributed by atoms with Gasteiger partial charge in [0.2, 0.25) is 0 Å². The highest BCUT2D eigenvalue weighted by molar-refractivity contribution is 5.79. The predicted molar refractivity (Wildman–Crippen MR) is 113 cm³/mol. The van der Waals surface area contributed by atoms with Crippen molar-refractivity contribution < 1.29 is 0 Å². The van der Waals surface area contributed by atoms with Gasteiger partial charge in [0.05, 0.1) is 0 Å². The largest absolute Gasteiger partial charge is 0.357 e. The molecule has 0 radical (unpaired) electrons. The maximum Gasteiger partial charge on any atom is 0.191 e. The van der Waals surface area contributed by atoms with Gasteiger partial charge < -0.3 is 20.4 Å². The van der Waals surface area contributed by atoms with Gasteiger partial charge in [-0.25, -0.2) is 0 Å². The Hall–Kier alpha value is -0.810. The molecule has 152 valence electrons. The molecule has 5 heteroatoms. The summed E-state index contributed by atoms with van der Waals surface area (Å²) in [5.41, 5.74) is 0. The van der Waals surface area contributed by atoms with Gasteiger partial charge in [-0.05, 0) is 90.6 Å². The first-order valence-electron chi connectivity index (χ1n) is 11.3. The number of rotatable bonds is 9. The van der Waals surface area contributed by atoms with Crippen molar-refractivity contribution in [1.82, 2.24) is 20.4 Å². The van der Waals surface area contributed by atoms with Crippen LogP contribution >= 0.6 is 0 Å². The number of likely N-dealkylation sites (tertiary alicyclic amines) is 2. The van der Waals surface area contributed by atoms with Crippen molar-refractivity contribution in [2.75, 3.05) is 58.9 Å². The van der Waals surface area contributed by atoms with E-state index in [4.69, 9.17) is 4.99 Å². The molecule has 2 aliphatic heterocycles. The second-order valence-electron chi connectivity index (χ2n) is 8.04. The van der Waals surface area contributed by atoms with Gasteiger partial charge >= 0.3 is 0 Å². The van der Waals surface area contributed by atoms with Crippen LogP contribution in [0.25, 0.3) is 0 Å². The molecule has 0 aromatic heterocycles. The Balaban J connectivity index is 1.63. The second-order valence-corrected chi connectivity index (χ2v) is 8.04. The summed E-state index contributed by atoms with van der Waals surface area (Å²) in [4.78, 5) is 10.1. The van der Waals surface area contributed by atoms with Crippen LogP contribution in [0.1, 0.15) is 65.2 Å². The van der Waals surface area contributed by atoms with E-state index in [0.29, 0.717) is 0 Å². The van der Waals surface area contributed by atoms with Gasteiger partial charge in [0.25, 0.3) is 0 Å². The van der Waals surface area contributed by atoms with E-state index in [1.165, 1.54) is 90.6 Å². The molecule has 0 unspecified atom stereocenters. The minimum absolute atomic E-state index is 0.760. The van der Waals surface area contributed by atoms with E-state index in [0.717, 1.165) is 31.5 Å². The van der Waals surface area contributed by atoms with Gasteiger partial charge in [0.15, 0.2) is 5.96 Å². The normalized spacial score (nSPS) is 21.5. The molecular formula is C21H43N5. The summed E-state index contributed by atoms with van der Waals surface area (Å²) in [6.45, 7) is 15.0. The average Bonchev–Trinajstić information content (AvgIpc) is 2.93. The predicted octanol–water partition coefficient (Wildman–Crippen LogP) is 2.93. The molecule has 0 spiro atoms. The van der Waals surface area contributed by atoms with Gasteiger partial charge in [-0.3, -0.25) is 4.99 Å². The lowest BCUT2D eigenvalue weighted by Gasteiger charge is -2.31. The van der Waals surface area contributed by atoms with Gasteiger partial charge in [0.1, 0.15) is 0 Å². The molecule has 2 saturated heterocycles. The quantitative estimate of drug-likeness (QED) is 0.375. The maximum absolute atomic E-state index is 4.87. The van der Waals surface area contributed by atoms with Crippen LogP contribution in [0.15, 0.2) is 4.99 Å². The molecule has 0 saturated carbocycles. The maximum atomic E-state index is 4.87. The highest BCUT2D eigenvalue weighted by Crippen LogP contribution is 2.17. The summed E-state index contributed by atoms with van der Waals surface area (Å²) in [7, 11) is 0. The third-order valence-electron chi connectivity index (χ3n) is 5.74. The first-order valence-corrected chi connectivity index (χ1v) is 11.3. The van der Waals surface area contributed by atoms with E-state index in [2.05, 4.69) is 34.3 Å². The number of hydrogen-bond donors (Lipinski definition) is 2. The fraction of sp³-hybridized carbons (Fsp3) is 0.952. The molecule has 0 aliphatic carbocycles. The van der Waals surface area contributed by atoms with E-state index in [1.807, 2.05) is 0 Å². The van der Waals surface area contributed by atoms with Crippen molar-refractivity contribution in [2.24, 2.45) is 10.9 Å². The monoisotopic (exact) mass is 365 g/mol. The van der Waals surface area contributed by atoms with Gasteiger partial charge in [-0.2, -0.15) is 0 Å². The topological polar surface area (TPSA) is 42.9 Å². The lowest BCUT2D eigenvalue weighted by atomic mass is 9.97. The standard InChI is InChI=1S/C21H43N5/c1-3-13-25-17-10-20(11-18-25)19-24-21(22-4-2)23-12-9-16-26-14-7-5-6-8-15-26/h20H,3-19H2,1-2H3,(H2,22,23,24). The van der Waals surface area contributed by atoms with Crippen LogP contribution in [0, 0.1) is 5.92 Å². The van der Waals surface area contributed by atoms with Crippen LogP contribution in [0.4, 0.5) is 0 Å². The minimum atomic E-state index is 0.760. The highest BCUT2D eigenvalue weighted by atomic mass is 15.2. The van der Waals surface area contributed by atoms with Crippen LogP contribution in [-0.2, 0) is 0 Å². The number of aliphatic imine (C=N–C) groups is 1. The number of piperidine rings is 1. The number of guanidine groups is 1. The van der Waals surface area contributed by atoms with Crippen molar-refractivity contribution >= 4 is 5.96 Å². The summed E-state index contributed by atoms with van der Waals surface area (Å²) in [6, 6.07) is 0. The van der Waals surface area contributed by atoms with Crippen LogP contribution in [0.3, 0.4) is 0 Å². The zero-order valence-electron chi connectivity index (χ0n) is 17.4. The summed E-state index contributed by atoms with van der Waals surface area (Å²) in [6.07, 6.45) is 10.7. The van der Waals surface area contributed by atoms with E-state index < -0.39 is 0 Å². The summed E-state index contributed by atoms with van der Waals surface area (Å²) < 4.78 is 0. The van der Waals surface area contributed by atoms with Crippen molar-refractivity contribution in [2.45, 2.75) is 65.2 Å². The Morgan fingerprint density at radius 3 is 2.23 bits per heavy atom. The molecule has 2 N–H and O–H groups in total. The Labute approximate surface area is 162 Å². The molecule has 2 heterocycles. The fourth-order valence-corrected chi connectivity index (χ4v) is 4.14. The van der Waals surface area contributed by atoms with E-state index in [9.17, 15) is 0 Å². The second kappa shape index (κ2) is 13.4. The van der Waals surface area contributed by atoms with Crippen molar-refractivity contribution in [3.63, 3.8) is 0 Å². The smallest absolute Gasteiger partial charge is 0.191 e. The molecule has 0 bridgehead atoms. The Kier molecular flexibility index (Phi) is 11.1. The zero-order valence-corrected chi connectivity index (χ0v) is 17.4. The average molecular weight is 366 g/mol. The number of nitrogens with one attached hydrogen (secondary N) is 2. The fourth-order valence-electron chi connectivity index (χ4n) is 4.14. The first kappa shape index (κ1) is 21.5. The van der Waals surface area contributed by atoms with Gasteiger partial charge in [-0.1, -0.05) is 19.8 Å². The number of hydrogen-bond acceptors (Lipinski definition) is 3. The van der Waals surface area contributed by atoms with E-state index in [1.54, 1.807) is 0 Å². The third-order valence-corrected chi connectivity index (χ3v) is 5.74. The Morgan fingerprint density at radius 2 is 1.58 bits per heavy atom. The van der Waals surface area contributed by atoms with Crippen molar-refractivity contribution in [1.29, 1.82) is 0 Å². The first-order chi connectivity index (χ1) is 12.8. The van der Waals surface area contributed by atoms with Gasteiger partial charge in [-0.15, -0.1) is 0 Å². The van der Waals surface area contributed by atoms with Crippen molar-refractivity contribution in [3.05, 3.63) is 0 Å². The molecule has 26 heavy (non-hydrogen) atoms. The molecule has 0 atom stereocenters. The molecular weight excluding hydrogens is 322 g/mol. The Morgan fingerprint density at radius 1 is 0.885 bits per heavy atom. The minimum Gasteiger partial charge on any atom is -0.357 e.